The van der Waals surface area contributed by atoms with E-state index in [-0.39, 0.29) is 11.6 Å². The number of unbranched alkanes of at least 4 members (excludes halogenated alkanes) is 2. The Balaban J connectivity index is 1.16. The first-order chi connectivity index (χ1) is 19.1. The van der Waals surface area contributed by atoms with Gasteiger partial charge in [0.2, 0.25) is 0 Å². The van der Waals surface area contributed by atoms with Crippen LogP contribution in [-0.2, 0) is 0 Å². The van der Waals surface area contributed by atoms with Crippen LogP contribution in [0, 0.1) is 5.82 Å². The minimum atomic E-state index is -0.295. The van der Waals surface area contributed by atoms with Gasteiger partial charge in [0.15, 0.2) is 5.78 Å². The lowest BCUT2D eigenvalue weighted by atomic mass is 9.89. The second-order valence-corrected chi connectivity index (χ2v) is 11.7. The van der Waals surface area contributed by atoms with Gasteiger partial charge in [-0.05, 0) is 87.9 Å². The van der Waals surface area contributed by atoms with E-state index in [1.807, 2.05) is 0 Å². The largest absolute Gasteiger partial charge is 0.368 e. The van der Waals surface area contributed by atoms with Crippen LogP contribution in [0.1, 0.15) is 93.5 Å². The van der Waals surface area contributed by atoms with Gasteiger partial charge in [0.25, 0.3) is 0 Å². The maximum atomic E-state index is 13.2. The molecule has 0 bridgehead atoms. The van der Waals surface area contributed by atoms with Gasteiger partial charge in [-0.2, -0.15) is 0 Å². The molecule has 0 saturated carbocycles. The van der Waals surface area contributed by atoms with Gasteiger partial charge in [0.05, 0.1) is 11.4 Å². The number of halogens is 1. The summed E-state index contributed by atoms with van der Waals surface area (Å²) in [6, 6.07) is 13.5. The molecule has 0 amide bonds. The first-order valence-corrected chi connectivity index (χ1v) is 15.4. The lowest BCUT2D eigenvalue weighted by molar-refractivity contribution is 0.0971. The van der Waals surface area contributed by atoms with Gasteiger partial charge < -0.3 is 14.7 Å². The van der Waals surface area contributed by atoms with Crippen LogP contribution in [0.4, 0.5) is 15.8 Å². The van der Waals surface area contributed by atoms with Crippen LogP contribution in [0.2, 0.25) is 0 Å². The molecule has 0 aromatic heterocycles. The van der Waals surface area contributed by atoms with E-state index < -0.39 is 0 Å². The van der Waals surface area contributed by atoms with Gasteiger partial charge in [0.1, 0.15) is 5.82 Å². The summed E-state index contributed by atoms with van der Waals surface area (Å²) >= 11 is 0. The second-order valence-electron chi connectivity index (χ2n) is 11.7. The topological polar surface area (TPSA) is 26.8 Å². The van der Waals surface area contributed by atoms with Crippen LogP contribution in [0.5, 0.6) is 0 Å². The number of nitrogens with zero attached hydrogens (tertiary/aromatic N) is 3. The zero-order chi connectivity index (χ0) is 27.2. The third-order valence-corrected chi connectivity index (χ3v) is 9.22. The van der Waals surface area contributed by atoms with Crippen molar-refractivity contribution in [3.05, 3.63) is 71.1 Å². The van der Waals surface area contributed by atoms with Crippen molar-refractivity contribution in [2.75, 3.05) is 49.1 Å². The molecular formula is C34H46FN3O. The van der Waals surface area contributed by atoms with Crippen LogP contribution in [0.15, 0.2) is 54.1 Å². The Morgan fingerprint density at radius 2 is 1.74 bits per heavy atom. The van der Waals surface area contributed by atoms with E-state index in [2.05, 4.69) is 52.8 Å². The lowest BCUT2D eigenvalue weighted by Gasteiger charge is -2.42. The van der Waals surface area contributed by atoms with Gasteiger partial charge >= 0.3 is 0 Å². The number of carbonyl (C=O) groups excluding carboxylic acids is 1. The molecule has 2 aromatic rings. The minimum Gasteiger partial charge on any atom is -0.368 e. The van der Waals surface area contributed by atoms with Crippen molar-refractivity contribution in [3.63, 3.8) is 0 Å². The SMILES string of the molecule is CC=C(CCCCC)CCCN1CCN2c3c(cccc31)C1CN(CCCC(=O)c3ccc(F)cc3)CCC12. The molecule has 2 aromatic carbocycles. The number of ketones is 1. The molecule has 3 aliphatic heterocycles. The van der Waals surface area contributed by atoms with Gasteiger partial charge in [-0.1, -0.05) is 43.5 Å². The first-order valence-electron chi connectivity index (χ1n) is 15.4. The van der Waals surface area contributed by atoms with E-state index in [1.165, 1.54) is 74.0 Å². The Morgan fingerprint density at radius 1 is 0.949 bits per heavy atom. The molecule has 2 unspecified atom stereocenters. The second kappa shape index (κ2) is 13.1. The summed E-state index contributed by atoms with van der Waals surface area (Å²) in [6.45, 7) is 11.0. The molecule has 39 heavy (non-hydrogen) atoms. The van der Waals surface area contributed by atoms with E-state index in [1.54, 1.807) is 17.7 Å². The number of likely N-dealkylation sites (tertiary alicyclic amines) is 1. The Kier molecular flexibility index (Phi) is 9.39. The molecule has 0 N–H and O–H groups in total. The Hall–Kier alpha value is -2.66. The molecule has 3 heterocycles. The molecular weight excluding hydrogens is 485 g/mol. The molecule has 1 fully saturated rings. The number of allylic oxidation sites excluding steroid dienone is 2. The number of anilines is 2. The molecule has 2 atom stereocenters. The van der Waals surface area contributed by atoms with Gasteiger partial charge in [-0.15, -0.1) is 0 Å². The molecule has 3 aliphatic rings. The predicted octanol–water partition coefficient (Wildman–Crippen LogP) is 7.59. The van der Waals surface area contributed by atoms with Crippen LogP contribution >= 0.6 is 0 Å². The number of fused-ring (bicyclic) bond motifs is 3. The van der Waals surface area contributed by atoms with E-state index in [9.17, 15) is 9.18 Å². The van der Waals surface area contributed by atoms with E-state index in [0.29, 0.717) is 23.9 Å². The summed E-state index contributed by atoms with van der Waals surface area (Å²) in [5, 5.41) is 0. The fourth-order valence-electron chi connectivity index (χ4n) is 7.09. The van der Waals surface area contributed by atoms with Crippen LogP contribution in [0.3, 0.4) is 0 Å². The van der Waals surface area contributed by atoms with Crippen molar-refractivity contribution in [2.45, 2.75) is 83.6 Å². The fraction of sp³-hybridized carbons (Fsp3) is 0.559. The molecule has 0 aliphatic carbocycles. The van der Waals surface area contributed by atoms with Crippen molar-refractivity contribution in [1.29, 1.82) is 0 Å². The van der Waals surface area contributed by atoms with Crippen LogP contribution in [-0.4, -0.2) is 56.0 Å². The van der Waals surface area contributed by atoms with Gasteiger partial charge in [-0.25, -0.2) is 4.39 Å². The number of para-hydroxylation sites is 1. The van der Waals surface area contributed by atoms with Crippen LogP contribution < -0.4 is 9.80 Å². The Morgan fingerprint density at radius 3 is 2.54 bits per heavy atom. The molecule has 4 nitrogen and oxygen atoms in total. The fourth-order valence-corrected chi connectivity index (χ4v) is 7.09. The van der Waals surface area contributed by atoms with Crippen molar-refractivity contribution < 1.29 is 9.18 Å². The number of hydrogen-bond acceptors (Lipinski definition) is 4. The Bertz CT molecular complexity index is 1140. The van der Waals surface area contributed by atoms with Gasteiger partial charge in [-0.3, -0.25) is 4.79 Å². The highest BCUT2D eigenvalue weighted by molar-refractivity contribution is 5.95. The maximum absolute atomic E-state index is 13.2. The third kappa shape index (κ3) is 6.40. The minimum absolute atomic E-state index is 0.111. The molecule has 210 valence electrons. The highest BCUT2D eigenvalue weighted by Crippen LogP contribution is 2.50. The quantitative estimate of drug-likeness (QED) is 0.151. The lowest BCUT2D eigenvalue weighted by Crippen LogP contribution is -2.49. The molecule has 5 rings (SSSR count). The monoisotopic (exact) mass is 531 g/mol. The van der Waals surface area contributed by atoms with E-state index in [0.717, 1.165) is 45.7 Å². The predicted molar refractivity (Wildman–Crippen MR) is 161 cm³/mol. The summed E-state index contributed by atoms with van der Waals surface area (Å²) < 4.78 is 13.2. The maximum Gasteiger partial charge on any atom is 0.162 e. The van der Waals surface area contributed by atoms with Crippen molar-refractivity contribution in [3.8, 4) is 0 Å². The average molecular weight is 532 g/mol. The standard InChI is InChI=1S/C34H46FN3O/c1-3-5-6-10-26(4-2)11-8-21-37-23-24-38-31-19-22-36(25-30(31)29-12-7-13-32(37)34(29)38)20-9-14-33(39)27-15-17-28(35)18-16-27/h4,7,12-13,15-18,30-31H,3,5-6,8-11,14,19-25H2,1-2H3. The summed E-state index contributed by atoms with van der Waals surface area (Å²) in [4.78, 5) is 20.5. The van der Waals surface area contributed by atoms with Gasteiger partial charge in [0, 0.05) is 56.7 Å². The van der Waals surface area contributed by atoms with Crippen LogP contribution in [0.25, 0.3) is 0 Å². The number of rotatable bonds is 13. The zero-order valence-corrected chi connectivity index (χ0v) is 24.0. The summed E-state index contributed by atoms with van der Waals surface area (Å²) in [5.74, 6) is 0.367. The average Bonchev–Trinajstić information content (AvgIpc) is 3.28. The van der Waals surface area contributed by atoms with Crippen molar-refractivity contribution in [2.24, 2.45) is 0 Å². The Labute approximate surface area is 234 Å². The molecule has 1 saturated heterocycles. The molecule has 0 spiro atoms. The molecule has 0 radical (unpaired) electrons. The van der Waals surface area contributed by atoms with Crippen molar-refractivity contribution in [1.82, 2.24) is 4.90 Å². The zero-order valence-electron chi connectivity index (χ0n) is 24.0. The number of carbonyl (C=O) groups is 1. The summed E-state index contributed by atoms with van der Waals surface area (Å²) in [7, 11) is 0. The summed E-state index contributed by atoms with van der Waals surface area (Å²) in [5.41, 5.74) is 6.72. The highest BCUT2D eigenvalue weighted by atomic mass is 19.1. The third-order valence-electron chi connectivity index (χ3n) is 9.22. The van der Waals surface area contributed by atoms with E-state index >= 15 is 0 Å². The van der Waals surface area contributed by atoms with E-state index in [4.69, 9.17) is 0 Å². The molecule has 5 heteroatoms. The smallest absolute Gasteiger partial charge is 0.162 e. The number of Topliss-reactive ketones (excluding diaryl/α,β-unsaturated/α-hetero) is 1. The van der Waals surface area contributed by atoms with Crippen molar-refractivity contribution >= 4 is 17.2 Å². The first kappa shape index (κ1) is 27.9. The summed E-state index contributed by atoms with van der Waals surface area (Å²) in [6.07, 6.45) is 12.6. The highest BCUT2D eigenvalue weighted by Gasteiger charge is 2.44. The number of hydrogen-bond donors (Lipinski definition) is 0. The normalized spacial score (nSPS) is 20.7. The number of benzene rings is 2. The number of piperidine rings is 1.